The van der Waals surface area contributed by atoms with Crippen LogP contribution in [0.2, 0.25) is 0 Å². The molecule has 0 radical (unpaired) electrons. The molecule has 1 fully saturated rings. The molecular weight excluding hydrogens is 346 g/mol. The maximum atomic E-state index is 12.8. The minimum Gasteiger partial charge on any atom is -0.339 e. The molecule has 0 atom stereocenters. The van der Waals surface area contributed by atoms with Gasteiger partial charge in [0.25, 0.3) is 11.8 Å². The summed E-state index contributed by atoms with van der Waals surface area (Å²) in [6.07, 6.45) is 3.28. The molecule has 5 nitrogen and oxygen atoms in total. The normalized spacial score (nSPS) is 15.0. The zero-order chi connectivity index (χ0) is 18.4. The molecule has 26 heavy (non-hydrogen) atoms. The van der Waals surface area contributed by atoms with E-state index in [1.54, 1.807) is 12.1 Å². The van der Waals surface area contributed by atoms with Gasteiger partial charge in [0, 0.05) is 24.3 Å². The molecule has 6 heteroatoms. The average molecular weight is 372 g/mol. The minimum absolute atomic E-state index is 0.0456. The number of carbonyl (C=O) groups excluding carboxylic acids is 2. The number of hydrogen-bond acceptors (Lipinski definition) is 4. The second kappa shape index (κ2) is 8.96. The number of piperidine rings is 1. The van der Waals surface area contributed by atoms with E-state index < -0.39 is 0 Å². The molecule has 2 aromatic rings. The lowest BCUT2D eigenvalue weighted by molar-refractivity contribution is 0.0687. The van der Waals surface area contributed by atoms with Gasteiger partial charge in [-0.15, -0.1) is 11.3 Å². The van der Waals surface area contributed by atoms with Gasteiger partial charge in [0.05, 0.1) is 4.88 Å². The third-order valence-corrected chi connectivity index (χ3v) is 5.69. The van der Waals surface area contributed by atoms with E-state index in [9.17, 15) is 9.59 Å². The van der Waals surface area contributed by atoms with Crippen molar-refractivity contribution in [1.29, 1.82) is 0 Å². The number of anilines is 1. The van der Waals surface area contributed by atoms with Gasteiger partial charge in [-0.05, 0) is 68.4 Å². The Hall–Kier alpha value is -2.18. The summed E-state index contributed by atoms with van der Waals surface area (Å²) in [7, 11) is 1.98. The number of hydrogen-bond donors (Lipinski definition) is 2. The summed E-state index contributed by atoms with van der Waals surface area (Å²) in [5.74, 6) is 0.599. The van der Waals surface area contributed by atoms with Crippen molar-refractivity contribution < 1.29 is 9.59 Å². The fourth-order valence-corrected chi connectivity index (χ4v) is 3.91. The van der Waals surface area contributed by atoms with Crippen LogP contribution in [-0.2, 0) is 0 Å². The molecule has 138 valence electrons. The fourth-order valence-electron chi connectivity index (χ4n) is 3.29. The number of carbonyl (C=O) groups is 2. The monoisotopic (exact) mass is 371 g/mol. The van der Waals surface area contributed by atoms with Gasteiger partial charge in [-0.1, -0.05) is 12.1 Å². The maximum Gasteiger partial charge on any atom is 0.265 e. The van der Waals surface area contributed by atoms with Crippen LogP contribution in [0.15, 0.2) is 41.8 Å². The Morgan fingerprint density at radius 3 is 2.69 bits per heavy atom. The highest BCUT2D eigenvalue weighted by atomic mass is 32.1. The number of amides is 2. The predicted octanol–water partition coefficient (Wildman–Crippen LogP) is 3.46. The zero-order valence-electron chi connectivity index (χ0n) is 15.0. The first kappa shape index (κ1) is 18.6. The summed E-state index contributed by atoms with van der Waals surface area (Å²) in [6.45, 7) is 2.64. The standard InChI is InChI=1S/C20H25N3O2S/c1-21-10-7-15-8-11-23(12-9-15)20(25)16-4-2-5-17(14-16)22-19(24)18-6-3-13-26-18/h2-6,13-15,21H,7-12H2,1H3,(H,22,24). The van der Waals surface area contributed by atoms with Gasteiger partial charge in [0.2, 0.25) is 0 Å². The minimum atomic E-state index is -0.144. The van der Waals surface area contributed by atoms with E-state index in [1.807, 2.05) is 41.6 Å². The fraction of sp³-hybridized carbons (Fsp3) is 0.400. The molecule has 0 unspecified atom stereocenters. The van der Waals surface area contributed by atoms with Crippen LogP contribution >= 0.6 is 11.3 Å². The van der Waals surface area contributed by atoms with Crippen LogP contribution in [0.25, 0.3) is 0 Å². The van der Waals surface area contributed by atoms with E-state index in [-0.39, 0.29) is 11.8 Å². The SMILES string of the molecule is CNCCC1CCN(C(=O)c2cccc(NC(=O)c3cccs3)c2)CC1. The van der Waals surface area contributed by atoms with Gasteiger partial charge >= 0.3 is 0 Å². The molecule has 0 saturated carbocycles. The van der Waals surface area contributed by atoms with Crippen LogP contribution in [0.5, 0.6) is 0 Å². The smallest absolute Gasteiger partial charge is 0.265 e. The van der Waals surface area contributed by atoms with Gasteiger partial charge in [0.15, 0.2) is 0 Å². The highest BCUT2D eigenvalue weighted by molar-refractivity contribution is 7.12. The summed E-state index contributed by atoms with van der Waals surface area (Å²) in [5.41, 5.74) is 1.28. The lowest BCUT2D eigenvalue weighted by Gasteiger charge is -2.32. The first-order chi connectivity index (χ1) is 12.7. The largest absolute Gasteiger partial charge is 0.339 e. The second-order valence-corrected chi connectivity index (χ2v) is 7.59. The number of benzene rings is 1. The van der Waals surface area contributed by atoms with Crippen molar-refractivity contribution in [1.82, 2.24) is 10.2 Å². The van der Waals surface area contributed by atoms with Gasteiger partial charge in [-0.25, -0.2) is 0 Å². The summed E-state index contributed by atoms with van der Waals surface area (Å²) in [6, 6.07) is 10.8. The molecule has 1 saturated heterocycles. The van der Waals surface area contributed by atoms with Gasteiger partial charge in [-0.2, -0.15) is 0 Å². The van der Waals surface area contributed by atoms with Crippen LogP contribution in [0.1, 0.15) is 39.3 Å². The second-order valence-electron chi connectivity index (χ2n) is 6.64. The van der Waals surface area contributed by atoms with Crippen molar-refractivity contribution in [2.75, 3.05) is 32.0 Å². The summed E-state index contributed by atoms with van der Waals surface area (Å²) in [5, 5.41) is 7.93. The van der Waals surface area contributed by atoms with Crippen molar-refractivity contribution >= 4 is 28.8 Å². The Bertz CT molecular complexity index is 737. The van der Waals surface area contributed by atoms with Gasteiger partial charge in [0.1, 0.15) is 0 Å². The number of likely N-dealkylation sites (tertiary alicyclic amines) is 1. The highest BCUT2D eigenvalue weighted by Gasteiger charge is 2.23. The molecular formula is C20H25N3O2S. The van der Waals surface area contributed by atoms with Crippen LogP contribution in [0, 0.1) is 5.92 Å². The highest BCUT2D eigenvalue weighted by Crippen LogP contribution is 2.22. The first-order valence-electron chi connectivity index (χ1n) is 9.06. The molecule has 0 bridgehead atoms. The Morgan fingerprint density at radius 2 is 2.00 bits per heavy atom. The molecule has 2 N–H and O–H groups in total. The molecule has 1 aliphatic heterocycles. The van der Waals surface area contributed by atoms with Crippen molar-refractivity contribution in [3.8, 4) is 0 Å². The van der Waals surface area contributed by atoms with E-state index in [4.69, 9.17) is 0 Å². The van der Waals surface area contributed by atoms with Crippen LogP contribution in [0.4, 0.5) is 5.69 Å². The summed E-state index contributed by atoms with van der Waals surface area (Å²) < 4.78 is 0. The number of rotatable bonds is 6. The zero-order valence-corrected chi connectivity index (χ0v) is 15.8. The molecule has 0 spiro atoms. The van der Waals surface area contributed by atoms with Crippen molar-refractivity contribution in [3.05, 3.63) is 52.2 Å². The topological polar surface area (TPSA) is 61.4 Å². The molecule has 3 rings (SSSR count). The Labute approximate surface area is 158 Å². The van der Waals surface area contributed by atoms with Gasteiger partial charge < -0.3 is 15.5 Å². The molecule has 1 aliphatic rings. The Morgan fingerprint density at radius 1 is 1.19 bits per heavy atom. The van der Waals surface area contributed by atoms with E-state index in [0.29, 0.717) is 22.0 Å². The van der Waals surface area contributed by atoms with E-state index in [0.717, 1.165) is 32.5 Å². The van der Waals surface area contributed by atoms with Crippen LogP contribution in [-0.4, -0.2) is 43.4 Å². The lowest BCUT2D eigenvalue weighted by atomic mass is 9.93. The molecule has 0 aliphatic carbocycles. The number of nitrogens with zero attached hydrogens (tertiary/aromatic N) is 1. The third kappa shape index (κ3) is 4.71. The molecule has 2 amide bonds. The molecule has 1 aromatic carbocycles. The third-order valence-electron chi connectivity index (χ3n) is 4.82. The van der Waals surface area contributed by atoms with E-state index >= 15 is 0 Å². The van der Waals surface area contributed by atoms with Crippen LogP contribution in [0.3, 0.4) is 0 Å². The van der Waals surface area contributed by atoms with Crippen molar-refractivity contribution in [2.45, 2.75) is 19.3 Å². The lowest BCUT2D eigenvalue weighted by Crippen LogP contribution is -2.39. The van der Waals surface area contributed by atoms with Crippen molar-refractivity contribution in [2.24, 2.45) is 5.92 Å². The first-order valence-corrected chi connectivity index (χ1v) is 9.94. The summed E-state index contributed by atoms with van der Waals surface area (Å²) in [4.78, 5) is 27.6. The molecule has 1 aromatic heterocycles. The predicted molar refractivity (Wildman–Crippen MR) is 106 cm³/mol. The van der Waals surface area contributed by atoms with E-state index in [1.165, 1.54) is 17.8 Å². The van der Waals surface area contributed by atoms with E-state index in [2.05, 4.69) is 10.6 Å². The Kier molecular flexibility index (Phi) is 6.41. The van der Waals surface area contributed by atoms with Crippen LogP contribution < -0.4 is 10.6 Å². The quantitative estimate of drug-likeness (QED) is 0.817. The maximum absolute atomic E-state index is 12.8. The number of nitrogens with one attached hydrogen (secondary N) is 2. The average Bonchev–Trinajstić information content (AvgIpc) is 3.21. The molecule has 2 heterocycles. The van der Waals surface area contributed by atoms with Gasteiger partial charge in [-0.3, -0.25) is 9.59 Å². The Balaban J connectivity index is 1.59. The number of thiophene rings is 1. The van der Waals surface area contributed by atoms with Crippen molar-refractivity contribution in [3.63, 3.8) is 0 Å². The summed E-state index contributed by atoms with van der Waals surface area (Å²) >= 11 is 1.40.